The molecular formula is C19H22F3N3O. The Bertz CT molecular complexity index is 853. The molecule has 1 aliphatic rings. The lowest BCUT2D eigenvalue weighted by molar-refractivity contribution is -0.218. The van der Waals surface area contributed by atoms with Gasteiger partial charge in [0.15, 0.2) is 0 Å². The molecular weight excluding hydrogens is 343 g/mol. The number of alkyl halides is 3. The Balaban J connectivity index is 2.22. The number of carbonyl (C=O) groups excluding carboxylic acids is 1. The summed E-state index contributed by atoms with van der Waals surface area (Å²) in [7, 11) is 0. The molecule has 3 rings (SSSR count). The van der Waals surface area contributed by atoms with Crippen LogP contribution in [0.2, 0.25) is 0 Å². The number of nitrogens with one attached hydrogen (secondary N) is 2. The highest BCUT2D eigenvalue weighted by Crippen LogP contribution is 2.68. The Morgan fingerprint density at radius 1 is 1.15 bits per heavy atom. The zero-order valence-corrected chi connectivity index (χ0v) is 15.4. The summed E-state index contributed by atoms with van der Waals surface area (Å²) < 4.78 is 43.0. The number of hydrogen-bond donors (Lipinski definition) is 2. The number of H-pyrrole nitrogens is 1. The van der Waals surface area contributed by atoms with Crippen molar-refractivity contribution in [2.75, 3.05) is 5.32 Å². The number of aromatic nitrogens is 2. The van der Waals surface area contributed by atoms with Gasteiger partial charge in [-0.1, -0.05) is 39.8 Å². The van der Waals surface area contributed by atoms with Crippen LogP contribution in [0.1, 0.15) is 56.1 Å². The first-order valence-corrected chi connectivity index (χ1v) is 8.36. The van der Waals surface area contributed by atoms with Crippen molar-refractivity contribution in [1.82, 2.24) is 10.2 Å². The molecule has 1 heterocycles. The van der Waals surface area contributed by atoms with Gasteiger partial charge in [0.25, 0.3) is 5.91 Å². The predicted molar refractivity (Wildman–Crippen MR) is 93.2 cm³/mol. The molecule has 4 nitrogen and oxygen atoms in total. The molecule has 1 aromatic carbocycles. The fraction of sp³-hybridized carbons (Fsp3) is 0.474. The molecule has 1 amide bonds. The van der Waals surface area contributed by atoms with E-state index in [2.05, 4.69) is 15.5 Å². The van der Waals surface area contributed by atoms with Crippen LogP contribution < -0.4 is 5.32 Å². The molecule has 7 heteroatoms. The van der Waals surface area contributed by atoms with Gasteiger partial charge in [-0.2, -0.15) is 18.3 Å². The van der Waals surface area contributed by atoms with Crippen molar-refractivity contribution in [1.29, 1.82) is 0 Å². The Morgan fingerprint density at radius 2 is 1.81 bits per heavy atom. The monoisotopic (exact) mass is 365 g/mol. The molecule has 0 bridgehead atoms. The molecule has 1 aromatic heterocycles. The van der Waals surface area contributed by atoms with Crippen molar-refractivity contribution >= 4 is 11.6 Å². The first-order valence-electron chi connectivity index (χ1n) is 8.36. The second-order valence-electron chi connectivity index (χ2n) is 8.04. The smallest absolute Gasteiger partial charge is 0.322 e. The maximum Gasteiger partial charge on any atom is 0.398 e. The van der Waals surface area contributed by atoms with Crippen LogP contribution in [0.5, 0.6) is 0 Å². The Labute approximate surface area is 150 Å². The molecule has 0 fully saturated rings. The van der Waals surface area contributed by atoms with Gasteiger partial charge in [-0.25, -0.2) is 0 Å². The van der Waals surface area contributed by atoms with Crippen LogP contribution in [0.15, 0.2) is 30.6 Å². The van der Waals surface area contributed by atoms with Crippen molar-refractivity contribution in [3.05, 3.63) is 47.3 Å². The van der Waals surface area contributed by atoms with Gasteiger partial charge < -0.3 is 5.32 Å². The Hall–Kier alpha value is -2.31. The highest BCUT2D eigenvalue weighted by molar-refractivity contribution is 6.04. The summed E-state index contributed by atoms with van der Waals surface area (Å²) in [6.07, 6.45) is -1.75. The average Bonchev–Trinajstić information content (AvgIpc) is 3.10. The second-order valence-corrected chi connectivity index (χ2v) is 8.04. The van der Waals surface area contributed by atoms with Crippen LogP contribution >= 0.6 is 0 Å². The topological polar surface area (TPSA) is 57.8 Å². The fourth-order valence-electron chi connectivity index (χ4n) is 4.06. The lowest BCUT2D eigenvalue weighted by atomic mass is 9.58. The summed E-state index contributed by atoms with van der Waals surface area (Å²) in [6, 6.07) is 4.93. The molecule has 0 aliphatic heterocycles. The number of aromatic amines is 1. The Morgan fingerprint density at radius 3 is 2.35 bits per heavy atom. The number of rotatable bonds is 2. The fourth-order valence-corrected chi connectivity index (χ4v) is 4.06. The lowest BCUT2D eigenvalue weighted by Crippen LogP contribution is -2.53. The zero-order chi connectivity index (χ0) is 19.5. The number of benzene rings is 1. The summed E-state index contributed by atoms with van der Waals surface area (Å²) in [5, 5.41) is 8.88. The number of anilines is 1. The van der Waals surface area contributed by atoms with Gasteiger partial charge in [0.1, 0.15) is 0 Å². The summed E-state index contributed by atoms with van der Waals surface area (Å²) in [4.78, 5) is 12.4. The molecule has 0 radical (unpaired) electrons. The third-order valence-corrected chi connectivity index (χ3v) is 6.63. The van der Waals surface area contributed by atoms with E-state index in [-0.39, 0.29) is 16.8 Å². The largest absolute Gasteiger partial charge is 0.398 e. The van der Waals surface area contributed by atoms with Crippen LogP contribution in [0.4, 0.5) is 18.9 Å². The molecule has 1 unspecified atom stereocenters. The average molecular weight is 365 g/mol. The molecule has 140 valence electrons. The molecule has 2 N–H and O–H groups in total. The predicted octanol–water partition coefficient (Wildman–Crippen LogP) is 4.80. The van der Waals surface area contributed by atoms with Gasteiger partial charge in [0.05, 0.1) is 17.2 Å². The second kappa shape index (κ2) is 5.34. The van der Waals surface area contributed by atoms with Gasteiger partial charge in [-0.3, -0.25) is 9.89 Å². The summed E-state index contributed by atoms with van der Waals surface area (Å²) in [5.41, 5.74) is -2.77. The number of fused-ring (bicyclic) bond motifs is 1. The van der Waals surface area contributed by atoms with Crippen LogP contribution in [0.25, 0.3) is 0 Å². The van der Waals surface area contributed by atoms with Crippen LogP contribution in [-0.2, 0) is 10.8 Å². The molecule has 1 aliphatic carbocycles. The van der Waals surface area contributed by atoms with Crippen LogP contribution in [0, 0.1) is 5.41 Å². The van der Waals surface area contributed by atoms with Crippen molar-refractivity contribution in [2.24, 2.45) is 5.41 Å². The maximum atomic E-state index is 14.3. The SMILES string of the molecule is CC1(C)c2cccc(NC(=O)c3cn[nH]c3)c2C(C)(C(F)(F)F)C1(C)C. The van der Waals surface area contributed by atoms with E-state index in [1.165, 1.54) is 25.4 Å². The van der Waals surface area contributed by atoms with Crippen molar-refractivity contribution in [2.45, 2.75) is 51.6 Å². The first-order chi connectivity index (χ1) is 11.9. The number of nitrogens with zero attached hydrogens (tertiary/aromatic N) is 1. The first kappa shape index (κ1) is 18.5. The van der Waals surface area contributed by atoms with Gasteiger partial charge in [-0.15, -0.1) is 0 Å². The lowest BCUT2D eigenvalue weighted by Gasteiger charge is -2.47. The minimum absolute atomic E-state index is 0.138. The number of halogens is 3. The van der Waals surface area contributed by atoms with Crippen LogP contribution in [-0.4, -0.2) is 22.3 Å². The van der Waals surface area contributed by atoms with E-state index in [1.807, 2.05) is 13.8 Å². The summed E-state index contributed by atoms with van der Waals surface area (Å²) in [5.74, 6) is -0.501. The third-order valence-electron chi connectivity index (χ3n) is 6.63. The molecule has 0 spiro atoms. The molecule has 0 saturated heterocycles. The molecule has 1 atom stereocenters. The number of amides is 1. The molecule has 0 saturated carbocycles. The molecule has 2 aromatic rings. The van der Waals surface area contributed by atoms with Gasteiger partial charge >= 0.3 is 6.18 Å². The van der Waals surface area contributed by atoms with Crippen molar-refractivity contribution < 1.29 is 18.0 Å². The van der Waals surface area contributed by atoms with Gasteiger partial charge in [0.2, 0.25) is 0 Å². The van der Waals surface area contributed by atoms with Gasteiger partial charge in [0, 0.05) is 11.9 Å². The maximum absolute atomic E-state index is 14.3. The molecule has 26 heavy (non-hydrogen) atoms. The van der Waals surface area contributed by atoms with E-state index in [0.717, 1.165) is 0 Å². The third kappa shape index (κ3) is 2.15. The van der Waals surface area contributed by atoms with Crippen LogP contribution in [0.3, 0.4) is 0 Å². The van der Waals surface area contributed by atoms with E-state index < -0.39 is 28.3 Å². The highest BCUT2D eigenvalue weighted by atomic mass is 19.4. The highest BCUT2D eigenvalue weighted by Gasteiger charge is 2.70. The minimum atomic E-state index is -4.48. The van der Waals surface area contributed by atoms with E-state index in [9.17, 15) is 18.0 Å². The van der Waals surface area contributed by atoms with E-state index >= 15 is 0 Å². The van der Waals surface area contributed by atoms with E-state index in [4.69, 9.17) is 0 Å². The minimum Gasteiger partial charge on any atom is -0.322 e. The zero-order valence-electron chi connectivity index (χ0n) is 15.4. The number of carbonyl (C=O) groups is 1. The van der Waals surface area contributed by atoms with Crippen molar-refractivity contribution in [3.8, 4) is 0 Å². The summed E-state index contributed by atoms with van der Waals surface area (Å²) in [6.45, 7) is 8.16. The standard InChI is InChI=1S/C19H22F3N3O/c1-16(2)12-7-6-8-13(25-15(26)11-9-23-24-10-11)14(12)18(5,17(16,3)4)19(20,21)22/h6-10H,1-5H3,(H,23,24)(H,25,26). The Kier molecular flexibility index (Phi) is 3.80. The normalized spacial score (nSPS) is 23.5. The van der Waals surface area contributed by atoms with Gasteiger partial charge in [-0.05, 0) is 34.9 Å². The summed E-state index contributed by atoms with van der Waals surface area (Å²) >= 11 is 0. The van der Waals surface area contributed by atoms with E-state index in [1.54, 1.807) is 26.0 Å². The number of hydrogen-bond acceptors (Lipinski definition) is 2. The quantitative estimate of drug-likeness (QED) is 0.803. The van der Waals surface area contributed by atoms with E-state index in [0.29, 0.717) is 5.56 Å². The van der Waals surface area contributed by atoms with Crippen molar-refractivity contribution in [3.63, 3.8) is 0 Å².